The van der Waals surface area contributed by atoms with Crippen molar-refractivity contribution in [3.05, 3.63) is 22.4 Å². The number of hydrogen-bond donors (Lipinski definition) is 1. The molecule has 1 aliphatic heterocycles. The van der Waals surface area contributed by atoms with E-state index in [4.69, 9.17) is 0 Å². The van der Waals surface area contributed by atoms with Crippen LogP contribution in [0, 0.1) is 0 Å². The molecule has 0 spiro atoms. The molecule has 0 unspecified atom stereocenters. The Morgan fingerprint density at radius 1 is 1.55 bits per heavy atom. The average molecular weight is 295 g/mol. The van der Waals surface area contributed by atoms with Crippen LogP contribution in [-0.2, 0) is 0 Å². The first kappa shape index (κ1) is 15.3. The number of amides is 2. The number of likely N-dealkylation sites (N-methyl/N-ethyl adjacent to an activating group) is 1. The van der Waals surface area contributed by atoms with Crippen LogP contribution in [0.15, 0.2) is 17.5 Å². The summed E-state index contributed by atoms with van der Waals surface area (Å²) in [6.45, 7) is 5.78. The van der Waals surface area contributed by atoms with Gasteiger partial charge < -0.3 is 15.1 Å². The maximum absolute atomic E-state index is 12.4. The molecule has 0 saturated carbocycles. The Kier molecular flexibility index (Phi) is 4.70. The van der Waals surface area contributed by atoms with Gasteiger partial charge in [0.2, 0.25) is 0 Å². The van der Waals surface area contributed by atoms with Gasteiger partial charge in [-0.05, 0) is 52.2 Å². The van der Waals surface area contributed by atoms with Gasteiger partial charge in [-0.2, -0.15) is 0 Å². The van der Waals surface area contributed by atoms with E-state index in [0.717, 1.165) is 19.4 Å². The lowest BCUT2D eigenvalue weighted by atomic mass is 10.0. The van der Waals surface area contributed by atoms with Crippen molar-refractivity contribution < 1.29 is 4.79 Å². The second-order valence-electron chi connectivity index (χ2n) is 6.23. The minimum Gasteiger partial charge on any atom is -0.336 e. The van der Waals surface area contributed by atoms with Gasteiger partial charge >= 0.3 is 6.03 Å². The number of nitrogens with one attached hydrogen (secondary N) is 1. The minimum absolute atomic E-state index is 0.0339. The topological polar surface area (TPSA) is 35.6 Å². The summed E-state index contributed by atoms with van der Waals surface area (Å²) >= 11 is 1.74. The third-order valence-electron chi connectivity index (χ3n) is 4.27. The number of nitrogens with zero attached hydrogens (tertiary/aromatic N) is 2. The first-order valence-electron chi connectivity index (χ1n) is 7.17. The molecule has 5 heteroatoms. The van der Waals surface area contributed by atoms with Gasteiger partial charge in [0.15, 0.2) is 0 Å². The first-order chi connectivity index (χ1) is 9.42. The van der Waals surface area contributed by atoms with Crippen LogP contribution in [0.3, 0.4) is 0 Å². The van der Waals surface area contributed by atoms with Crippen LogP contribution in [0.2, 0.25) is 0 Å². The smallest absolute Gasteiger partial charge is 0.318 e. The van der Waals surface area contributed by atoms with Crippen LogP contribution in [0.1, 0.15) is 37.6 Å². The van der Waals surface area contributed by atoms with Gasteiger partial charge in [-0.15, -0.1) is 11.3 Å². The Hall–Kier alpha value is -1.07. The first-order valence-corrected chi connectivity index (χ1v) is 8.05. The van der Waals surface area contributed by atoms with E-state index < -0.39 is 0 Å². The number of likely N-dealkylation sites (tertiary alicyclic amines) is 1. The average Bonchev–Trinajstić information content (AvgIpc) is 3.05. The number of carbonyl (C=O) groups is 1. The number of rotatable bonds is 4. The van der Waals surface area contributed by atoms with Gasteiger partial charge in [0.1, 0.15) is 0 Å². The van der Waals surface area contributed by atoms with E-state index in [1.807, 2.05) is 19.0 Å². The maximum atomic E-state index is 12.4. The van der Waals surface area contributed by atoms with Crippen LogP contribution >= 0.6 is 11.3 Å². The van der Waals surface area contributed by atoms with Crippen LogP contribution < -0.4 is 5.32 Å². The van der Waals surface area contributed by atoms with Crippen molar-refractivity contribution in [3.63, 3.8) is 0 Å². The monoisotopic (exact) mass is 295 g/mol. The molecule has 1 aliphatic rings. The summed E-state index contributed by atoms with van der Waals surface area (Å²) in [5, 5.41) is 5.17. The van der Waals surface area contributed by atoms with E-state index in [2.05, 4.69) is 41.6 Å². The number of thiophene rings is 1. The molecule has 0 radical (unpaired) electrons. The SMILES string of the molecule is CN(C)C(C)(C)CNC(=O)N1CCC[C@H]1c1cccs1. The lowest BCUT2D eigenvalue weighted by Crippen LogP contribution is -2.51. The highest BCUT2D eigenvalue weighted by atomic mass is 32.1. The molecule has 2 rings (SSSR count). The molecule has 20 heavy (non-hydrogen) atoms. The molecule has 1 aromatic heterocycles. The molecule has 1 saturated heterocycles. The summed E-state index contributed by atoms with van der Waals surface area (Å²) in [7, 11) is 4.08. The Morgan fingerprint density at radius 3 is 2.90 bits per heavy atom. The van der Waals surface area contributed by atoms with Gasteiger partial charge in [0, 0.05) is 23.5 Å². The fourth-order valence-electron chi connectivity index (χ4n) is 2.34. The summed E-state index contributed by atoms with van der Waals surface area (Å²) in [5.74, 6) is 0. The molecule has 1 N–H and O–H groups in total. The fourth-order valence-corrected chi connectivity index (χ4v) is 3.21. The second-order valence-corrected chi connectivity index (χ2v) is 7.21. The predicted molar refractivity (Wildman–Crippen MR) is 84.2 cm³/mol. The van der Waals surface area contributed by atoms with Crippen molar-refractivity contribution in [1.82, 2.24) is 15.1 Å². The van der Waals surface area contributed by atoms with Crippen LogP contribution in [0.5, 0.6) is 0 Å². The van der Waals surface area contributed by atoms with Gasteiger partial charge in [-0.3, -0.25) is 0 Å². The van der Waals surface area contributed by atoms with Gasteiger partial charge in [-0.1, -0.05) is 6.07 Å². The minimum atomic E-state index is -0.0339. The lowest BCUT2D eigenvalue weighted by Gasteiger charge is -2.34. The standard InChI is InChI=1S/C15H25N3OS/c1-15(2,17(3)4)11-16-14(19)18-9-5-7-12(18)13-8-6-10-20-13/h6,8,10,12H,5,7,9,11H2,1-4H3,(H,16,19)/t12-/m0/s1. The maximum Gasteiger partial charge on any atom is 0.318 e. The molecular formula is C15H25N3OS. The van der Waals surface area contributed by atoms with Crippen molar-refractivity contribution in [3.8, 4) is 0 Å². The Labute approximate surface area is 125 Å². The van der Waals surface area contributed by atoms with Gasteiger partial charge in [0.05, 0.1) is 6.04 Å². The zero-order valence-electron chi connectivity index (χ0n) is 12.8. The number of carbonyl (C=O) groups excluding carboxylic acids is 1. The highest BCUT2D eigenvalue weighted by Gasteiger charge is 2.31. The summed E-state index contributed by atoms with van der Waals surface area (Å²) in [5.41, 5.74) is -0.0339. The third-order valence-corrected chi connectivity index (χ3v) is 5.24. The number of hydrogen-bond acceptors (Lipinski definition) is 3. The van der Waals surface area contributed by atoms with E-state index in [1.54, 1.807) is 11.3 Å². The van der Waals surface area contributed by atoms with Crippen molar-refractivity contribution in [2.24, 2.45) is 0 Å². The lowest BCUT2D eigenvalue weighted by molar-refractivity contribution is 0.167. The van der Waals surface area contributed by atoms with Crippen molar-refractivity contribution in [1.29, 1.82) is 0 Å². The third kappa shape index (κ3) is 3.33. The Bertz CT molecular complexity index is 442. The van der Waals surface area contributed by atoms with Crippen LogP contribution in [-0.4, -0.2) is 48.6 Å². The molecule has 1 fully saturated rings. The summed E-state index contributed by atoms with van der Waals surface area (Å²) < 4.78 is 0. The van der Waals surface area contributed by atoms with Crippen molar-refractivity contribution >= 4 is 17.4 Å². The second kappa shape index (κ2) is 6.14. The molecule has 1 aromatic rings. The van der Waals surface area contributed by atoms with Crippen molar-refractivity contribution in [2.45, 2.75) is 38.3 Å². The molecule has 0 aliphatic carbocycles. The predicted octanol–water partition coefficient (Wildman–Crippen LogP) is 2.93. The molecule has 4 nitrogen and oxygen atoms in total. The van der Waals surface area contributed by atoms with E-state index in [-0.39, 0.29) is 17.6 Å². The van der Waals surface area contributed by atoms with Gasteiger partial charge in [0.25, 0.3) is 0 Å². The zero-order chi connectivity index (χ0) is 14.8. The zero-order valence-corrected chi connectivity index (χ0v) is 13.7. The van der Waals surface area contributed by atoms with E-state index in [1.165, 1.54) is 4.88 Å². The van der Waals surface area contributed by atoms with E-state index in [0.29, 0.717) is 6.54 Å². The largest absolute Gasteiger partial charge is 0.336 e. The number of urea groups is 1. The van der Waals surface area contributed by atoms with Crippen LogP contribution in [0.25, 0.3) is 0 Å². The summed E-state index contributed by atoms with van der Waals surface area (Å²) in [6.07, 6.45) is 2.16. The summed E-state index contributed by atoms with van der Waals surface area (Å²) in [6, 6.07) is 4.52. The molecule has 0 aromatic carbocycles. The molecule has 112 valence electrons. The Morgan fingerprint density at radius 2 is 2.30 bits per heavy atom. The molecule has 1 atom stereocenters. The van der Waals surface area contributed by atoms with Crippen molar-refractivity contribution in [2.75, 3.05) is 27.2 Å². The fraction of sp³-hybridized carbons (Fsp3) is 0.667. The summed E-state index contributed by atoms with van der Waals surface area (Å²) in [4.78, 5) is 17.8. The highest BCUT2D eigenvalue weighted by Crippen LogP contribution is 2.34. The quantitative estimate of drug-likeness (QED) is 0.927. The molecule has 2 heterocycles. The normalized spacial score (nSPS) is 19.6. The van der Waals surface area contributed by atoms with Crippen LogP contribution in [0.4, 0.5) is 4.79 Å². The van der Waals surface area contributed by atoms with E-state index >= 15 is 0 Å². The van der Waals surface area contributed by atoms with Gasteiger partial charge in [-0.25, -0.2) is 4.79 Å². The molecule has 0 bridgehead atoms. The Balaban J connectivity index is 1.95. The molecular weight excluding hydrogens is 270 g/mol. The van der Waals surface area contributed by atoms with E-state index in [9.17, 15) is 4.79 Å². The highest BCUT2D eigenvalue weighted by molar-refractivity contribution is 7.10. The molecule has 2 amide bonds.